The zero-order valence-electron chi connectivity index (χ0n) is 10.4. The second-order valence-corrected chi connectivity index (χ2v) is 5.87. The molecule has 0 amide bonds. The fourth-order valence-electron chi connectivity index (χ4n) is 2.05. The van der Waals surface area contributed by atoms with E-state index >= 15 is 0 Å². The van der Waals surface area contributed by atoms with Gasteiger partial charge >= 0.3 is 0 Å². The summed E-state index contributed by atoms with van der Waals surface area (Å²) in [5.74, 6) is 0.649. The predicted molar refractivity (Wildman–Crippen MR) is 69.2 cm³/mol. The third kappa shape index (κ3) is 2.65. The summed E-state index contributed by atoms with van der Waals surface area (Å²) < 4.78 is 5.39. The molecule has 16 heavy (non-hydrogen) atoms. The van der Waals surface area contributed by atoms with Crippen LogP contribution in [0.25, 0.3) is 0 Å². The van der Waals surface area contributed by atoms with Gasteiger partial charge in [-0.3, -0.25) is 4.90 Å². The molecule has 90 valence electrons. The van der Waals surface area contributed by atoms with Crippen LogP contribution in [0.2, 0.25) is 0 Å². The van der Waals surface area contributed by atoms with Crippen LogP contribution in [0, 0.1) is 0 Å². The third-order valence-corrected chi connectivity index (χ3v) is 4.78. The van der Waals surface area contributed by atoms with Gasteiger partial charge in [-0.25, -0.2) is 0 Å². The molecule has 0 saturated carbocycles. The molecule has 1 aliphatic heterocycles. The molecule has 1 saturated heterocycles. The molecular formula is C13H21NOS. The Labute approximate surface area is 102 Å². The van der Waals surface area contributed by atoms with Crippen LogP contribution in [0.5, 0.6) is 0 Å². The smallest absolute Gasteiger partial charge is 0.0594 e. The third-order valence-electron chi connectivity index (χ3n) is 3.22. The Bertz CT molecular complexity index is 328. The summed E-state index contributed by atoms with van der Waals surface area (Å²) in [6.07, 6.45) is 0. The van der Waals surface area contributed by atoms with E-state index in [1.165, 1.54) is 9.75 Å². The van der Waals surface area contributed by atoms with Crippen molar-refractivity contribution in [1.82, 2.24) is 4.90 Å². The Morgan fingerprint density at radius 1 is 1.12 bits per heavy atom. The van der Waals surface area contributed by atoms with Gasteiger partial charge in [0.1, 0.15) is 0 Å². The number of hydrogen-bond acceptors (Lipinski definition) is 3. The highest BCUT2D eigenvalue weighted by Gasteiger charge is 2.20. The molecule has 1 aromatic heterocycles. The molecule has 1 unspecified atom stereocenters. The van der Waals surface area contributed by atoms with Crippen LogP contribution in [-0.4, -0.2) is 31.2 Å². The van der Waals surface area contributed by atoms with E-state index in [1.54, 1.807) is 0 Å². The molecule has 0 radical (unpaired) electrons. The molecule has 1 atom stereocenters. The first-order valence-electron chi connectivity index (χ1n) is 6.10. The maximum atomic E-state index is 5.39. The van der Waals surface area contributed by atoms with E-state index in [0.29, 0.717) is 12.0 Å². The summed E-state index contributed by atoms with van der Waals surface area (Å²) in [6, 6.07) is 5.11. The molecule has 0 bridgehead atoms. The highest BCUT2D eigenvalue weighted by Crippen LogP contribution is 2.31. The van der Waals surface area contributed by atoms with Crippen molar-refractivity contribution in [2.24, 2.45) is 0 Å². The van der Waals surface area contributed by atoms with Gasteiger partial charge in [-0.2, -0.15) is 0 Å². The molecule has 1 aliphatic rings. The number of nitrogens with zero attached hydrogens (tertiary/aromatic N) is 1. The van der Waals surface area contributed by atoms with E-state index in [-0.39, 0.29) is 0 Å². The Hall–Kier alpha value is -0.380. The Kier molecular flexibility index (Phi) is 4.00. The fourth-order valence-corrected chi connectivity index (χ4v) is 3.15. The molecule has 2 heterocycles. The van der Waals surface area contributed by atoms with Gasteiger partial charge in [0.05, 0.1) is 13.2 Å². The van der Waals surface area contributed by atoms with Gasteiger partial charge in [0, 0.05) is 28.9 Å². The summed E-state index contributed by atoms with van der Waals surface area (Å²) in [5, 5.41) is 0. The largest absolute Gasteiger partial charge is 0.379 e. The van der Waals surface area contributed by atoms with E-state index in [4.69, 9.17) is 4.74 Å². The Morgan fingerprint density at radius 3 is 2.31 bits per heavy atom. The quantitative estimate of drug-likeness (QED) is 0.802. The lowest BCUT2D eigenvalue weighted by Gasteiger charge is -2.31. The number of ether oxygens (including phenoxy) is 1. The zero-order valence-corrected chi connectivity index (χ0v) is 11.2. The van der Waals surface area contributed by atoms with Gasteiger partial charge in [-0.05, 0) is 25.0 Å². The Morgan fingerprint density at radius 2 is 1.75 bits per heavy atom. The predicted octanol–water partition coefficient (Wildman–Crippen LogP) is 3.26. The minimum absolute atomic E-state index is 0.543. The second kappa shape index (κ2) is 5.30. The number of thiophene rings is 1. The van der Waals surface area contributed by atoms with Crippen molar-refractivity contribution in [3.63, 3.8) is 0 Å². The molecule has 1 aromatic rings. The van der Waals surface area contributed by atoms with Crippen molar-refractivity contribution in [3.05, 3.63) is 21.9 Å². The van der Waals surface area contributed by atoms with E-state index in [1.807, 2.05) is 11.3 Å². The van der Waals surface area contributed by atoms with Gasteiger partial charge in [-0.15, -0.1) is 11.3 Å². The summed E-state index contributed by atoms with van der Waals surface area (Å²) in [6.45, 7) is 10.7. The second-order valence-electron chi connectivity index (χ2n) is 4.72. The summed E-state index contributed by atoms with van der Waals surface area (Å²) in [5.41, 5.74) is 0. The molecule has 1 fully saturated rings. The molecule has 0 spiro atoms. The van der Waals surface area contributed by atoms with Crippen molar-refractivity contribution in [3.8, 4) is 0 Å². The highest BCUT2D eigenvalue weighted by atomic mass is 32.1. The first kappa shape index (κ1) is 12.1. The van der Waals surface area contributed by atoms with Crippen LogP contribution >= 0.6 is 11.3 Å². The van der Waals surface area contributed by atoms with E-state index < -0.39 is 0 Å². The van der Waals surface area contributed by atoms with Crippen molar-refractivity contribution < 1.29 is 4.74 Å². The number of hydrogen-bond donors (Lipinski definition) is 0. The van der Waals surface area contributed by atoms with Gasteiger partial charge in [0.15, 0.2) is 0 Å². The van der Waals surface area contributed by atoms with Crippen LogP contribution in [0.1, 0.15) is 42.5 Å². The fraction of sp³-hybridized carbons (Fsp3) is 0.692. The lowest BCUT2D eigenvalue weighted by Crippen LogP contribution is -2.37. The molecule has 0 N–H and O–H groups in total. The average Bonchev–Trinajstić information content (AvgIpc) is 2.78. The van der Waals surface area contributed by atoms with E-state index in [2.05, 4.69) is 37.8 Å². The van der Waals surface area contributed by atoms with E-state index in [0.717, 1.165) is 26.3 Å². The molecule has 0 aromatic carbocycles. The molecule has 2 nitrogen and oxygen atoms in total. The van der Waals surface area contributed by atoms with Gasteiger partial charge < -0.3 is 4.74 Å². The van der Waals surface area contributed by atoms with Gasteiger partial charge in [-0.1, -0.05) is 13.8 Å². The Balaban J connectivity index is 2.04. The molecular weight excluding hydrogens is 218 g/mol. The van der Waals surface area contributed by atoms with Crippen molar-refractivity contribution in [1.29, 1.82) is 0 Å². The summed E-state index contributed by atoms with van der Waals surface area (Å²) in [7, 11) is 0. The molecule has 2 rings (SSSR count). The van der Waals surface area contributed by atoms with Crippen LogP contribution in [0.3, 0.4) is 0 Å². The van der Waals surface area contributed by atoms with Crippen LogP contribution < -0.4 is 0 Å². The van der Waals surface area contributed by atoms with Crippen LogP contribution in [-0.2, 0) is 4.74 Å². The summed E-state index contributed by atoms with van der Waals surface area (Å²) in [4.78, 5) is 5.50. The maximum Gasteiger partial charge on any atom is 0.0594 e. The SMILES string of the molecule is CC(C)c1ccc(C(C)N2CCOCC2)s1. The minimum atomic E-state index is 0.543. The maximum absolute atomic E-state index is 5.39. The standard InChI is InChI=1S/C13H21NOS/c1-10(2)12-4-5-13(16-12)11(3)14-6-8-15-9-7-14/h4-5,10-11H,6-9H2,1-3H3. The van der Waals surface area contributed by atoms with Crippen molar-refractivity contribution in [2.75, 3.05) is 26.3 Å². The van der Waals surface area contributed by atoms with Crippen molar-refractivity contribution in [2.45, 2.75) is 32.7 Å². The monoisotopic (exact) mass is 239 g/mol. The molecule has 0 aliphatic carbocycles. The van der Waals surface area contributed by atoms with Crippen LogP contribution in [0.4, 0.5) is 0 Å². The first-order valence-corrected chi connectivity index (χ1v) is 6.91. The van der Waals surface area contributed by atoms with Crippen LogP contribution in [0.15, 0.2) is 12.1 Å². The first-order chi connectivity index (χ1) is 7.68. The zero-order chi connectivity index (χ0) is 11.5. The van der Waals surface area contributed by atoms with Gasteiger partial charge in [0.25, 0.3) is 0 Å². The number of rotatable bonds is 3. The normalized spacial score (nSPS) is 20.2. The summed E-state index contributed by atoms with van der Waals surface area (Å²) >= 11 is 1.96. The van der Waals surface area contributed by atoms with Gasteiger partial charge in [0.2, 0.25) is 0 Å². The number of morpholine rings is 1. The van der Waals surface area contributed by atoms with Crippen molar-refractivity contribution >= 4 is 11.3 Å². The minimum Gasteiger partial charge on any atom is -0.379 e. The topological polar surface area (TPSA) is 12.5 Å². The molecule has 3 heteroatoms. The average molecular weight is 239 g/mol. The highest BCUT2D eigenvalue weighted by molar-refractivity contribution is 7.12. The lowest BCUT2D eigenvalue weighted by molar-refractivity contribution is 0.0205. The van der Waals surface area contributed by atoms with E-state index in [9.17, 15) is 0 Å². The lowest BCUT2D eigenvalue weighted by atomic mass is 10.2.